The molecule has 0 unspecified atom stereocenters. The molecular weight excluding hydrogens is 400 g/mol. The number of hydrogen-bond acceptors (Lipinski definition) is 5. The van der Waals surface area contributed by atoms with Crippen molar-refractivity contribution in [2.75, 3.05) is 24.7 Å². The SMILES string of the molecule is CS(=O)(=O)c1cccc(C(=O)Nc2ccc(S(=O)(=O)N3CCCCC3)cc2)c1. The van der Waals surface area contributed by atoms with E-state index >= 15 is 0 Å². The maximum atomic E-state index is 12.7. The Labute approximate surface area is 165 Å². The zero-order chi connectivity index (χ0) is 20.4. The van der Waals surface area contributed by atoms with E-state index in [2.05, 4.69) is 5.32 Å². The Morgan fingerprint density at radius 3 is 2.14 bits per heavy atom. The largest absolute Gasteiger partial charge is 0.322 e. The van der Waals surface area contributed by atoms with Gasteiger partial charge in [-0.1, -0.05) is 12.5 Å². The van der Waals surface area contributed by atoms with Crippen LogP contribution in [0.3, 0.4) is 0 Å². The molecule has 0 bridgehead atoms. The summed E-state index contributed by atoms with van der Waals surface area (Å²) in [5, 5.41) is 2.65. The van der Waals surface area contributed by atoms with Crippen LogP contribution in [0.4, 0.5) is 5.69 Å². The second-order valence-corrected chi connectivity index (χ2v) is 10.7. The standard InChI is InChI=1S/C19H22N2O5S2/c1-27(23,24)18-7-5-6-15(14-18)19(22)20-16-8-10-17(11-9-16)28(25,26)21-12-3-2-4-13-21/h5-11,14H,2-4,12-13H2,1H3,(H,20,22). The van der Waals surface area contributed by atoms with Crippen molar-refractivity contribution in [3.8, 4) is 0 Å². The third kappa shape index (κ3) is 4.60. The molecule has 150 valence electrons. The van der Waals surface area contributed by atoms with Gasteiger partial charge in [0.1, 0.15) is 0 Å². The molecule has 1 N–H and O–H groups in total. The number of amides is 1. The van der Waals surface area contributed by atoms with Crippen molar-refractivity contribution >= 4 is 31.5 Å². The van der Waals surface area contributed by atoms with Crippen LogP contribution in [0.2, 0.25) is 0 Å². The molecule has 0 aliphatic carbocycles. The van der Waals surface area contributed by atoms with Crippen LogP contribution in [-0.4, -0.2) is 46.4 Å². The first-order chi connectivity index (χ1) is 13.2. The summed E-state index contributed by atoms with van der Waals surface area (Å²) in [6, 6.07) is 11.7. The fraction of sp³-hybridized carbons (Fsp3) is 0.316. The van der Waals surface area contributed by atoms with E-state index in [9.17, 15) is 21.6 Å². The number of nitrogens with one attached hydrogen (secondary N) is 1. The molecule has 3 rings (SSSR count). The highest BCUT2D eigenvalue weighted by atomic mass is 32.2. The quantitative estimate of drug-likeness (QED) is 0.798. The summed E-state index contributed by atoms with van der Waals surface area (Å²) in [5.74, 6) is -0.475. The molecule has 1 aliphatic rings. The predicted molar refractivity (Wildman–Crippen MR) is 107 cm³/mol. The van der Waals surface area contributed by atoms with E-state index in [1.54, 1.807) is 0 Å². The molecule has 1 heterocycles. The second-order valence-electron chi connectivity index (χ2n) is 6.74. The summed E-state index contributed by atoms with van der Waals surface area (Å²) < 4.78 is 50.1. The third-order valence-electron chi connectivity index (χ3n) is 4.59. The lowest BCUT2D eigenvalue weighted by atomic mass is 10.2. The highest BCUT2D eigenvalue weighted by Gasteiger charge is 2.25. The van der Waals surface area contributed by atoms with Crippen molar-refractivity contribution in [3.63, 3.8) is 0 Å². The molecule has 1 amide bonds. The van der Waals surface area contributed by atoms with Gasteiger partial charge in [0.25, 0.3) is 5.91 Å². The van der Waals surface area contributed by atoms with E-state index in [4.69, 9.17) is 0 Å². The normalized spacial score (nSPS) is 15.9. The van der Waals surface area contributed by atoms with Crippen molar-refractivity contribution < 1.29 is 21.6 Å². The summed E-state index contributed by atoms with van der Waals surface area (Å²) in [5.41, 5.74) is 0.625. The lowest BCUT2D eigenvalue weighted by Crippen LogP contribution is -2.35. The predicted octanol–water partition coefficient (Wildman–Crippen LogP) is 2.52. The fourth-order valence-electron chi connectivity index (χ4n) is 3.04. The van der Waals surface area contributed by atoms with Crippen LogP contribution < -0.4 is 5.32 Å². The number of hydrogen-bond donors (Lipinski definition) is 1. The Balaban J connectivity index is 1.75. The van der Waals surface area contributed by atoms with Gasteiger partial charge in [0.2, 0.25) is 10.0 Å². The summed E-state index contributed by atoms with van der Waals surface area (Å²) in [7, 11) is -6.94. The first-order valence-corrected chi connectivity index (χ1v) is 12.2. The fourth-order valence-corrected chi connectivity index (χ4v) is 5.22. The van der Waals surface area contributed by atoms with Gasteiger partial charge in [-0.25, -0.2) is 16.8 Å². The number of sulfone groups is 1. The lowest BCUT2D eigenvalue weighted by Gasteiger charge is -2.25. The molecule has 2 aromatic rings. The van der Waals surface area contributed by atoms with Crippen LogP contribution in [0.15, 0.2) is 58.3 Å². The molecule has 0 saturated carbocycles. The van der Waals surface area contributed by atoms with Crippen LogP contribution in [-0.2, 0) is 19.9 Å². The van der Waals surface area contributed by atoms with Crippen molar-refractivity contribution in [2.45, 2.75) is 29.1 Å². The zero-order valence-corrected chi connectivity index (χ0v) is 17.1. The monoisotopic (exact) mass is 422 g/mol. The number of carbonyl (C=O) groups excluding carboxylic acids is 1. The van der Waals surface area contributed by atoms with Crippen LogP contribution in [0.1, 0.15) is 29.6 Å². The van der Waals surface area contributed by atoms with E-state index in [1.807, 2.05) is 0 Å². The Morgan fingerprint density at radius 2 is 1.54 bits per heavy atom. The average molecular weight is 423 g/mol. The third-order valence-corrected chi connectivity index (χ3v) is 7.61. The first kappa shape index (κ1) is 20.5. The molecule has 7 nitrogen and oxygen atoms in total. The van der Waals surface area contributed by atoms with Gasteiger partial charge in [-0.15, -0.1) is 0 Å². The smallest absolute Gasteiger partial charge is 0.255 e. The van der Waals surface area contributed by atoms with E-state index in [-0.39, 0.29) is 15.4 Å². The maximum Gasteiger partial charge on any atom is 0.255 e. The number of benzene rings is 2. The lowest BCUT2D eigenvalue weighted by molar-refractivity contribution is 0.102. The van der Waals surface area contributed by atoms with E-state index < -0.39 is 25.8 Å². The van der Waals surface area contributed by atoms with Crippen molar-refractivity contribution in [1.82, 2.24) is 4.31 Å². The van der Waals surface area contributed by atoms with Gasteiger partial charge in [-0.3, -0.25) is 4.79 Å². The van der Waals surface area contributed by atoms with E-state index in [0.29, 0.717) is 18.8 Å². The van der Waals surface area contributed by atoms with Gasteiger partial charge in [0.15, 0.2) is 9.84 Å². The molecule has 9 heteroatoms. The number of anilines is 1. The number of piperidine rings is 1. The Morgan fingerprint density at radius 1 is 0.893 bits per heavy atom. The maximum absolute atomic E-state index is 12.7. The van der Waals surface area contributed by atoms with Gasteiger partial charge in [-0.05, 0) is 55.3 Å². The summed E-state index contributed by atoms with van der Waals surface area (Å²) in [6.07, 6.45) is 3.84. The molecule has 2 aromatic carbocycles. The highest BCUT2D eigenvalue weighted by molar-refractivity contribution is 7.90. The topological polar surface area (TPSA) is 101 Å². The molecule has 1 saturated heterocycles. The highest BCUT2D eigenvalue weighted by Crippen LogP contribution is 2.22. The van der Waals surface area contributed by atoms with Gasteiger partial charge < -0.3 is 5.32 Å². The van der Waals surface area contributed by atoms with Gasteiger partial charge in [0, 0.05) is 30.6 Å². The van der Waals surface area contributed by atoms with Crippen LogP contribution in [0.25, 0.3) is 0 Å². The zero-order valence-electron chi connectivity index (χ0n) is 15.5. The molecule has 0 aromatic heterocycles. The van der Waals surface area contributed by atoms with E-state index in [1.165, 1.54) is 52.8 Å². The average Bonchev–Trinajstić information content (AvgIpc) is 2.68. The number of carbonyl (C=O) groups is 1. The van der Waals surface area contributed by atoms with Crippen molar-refractivity contribution in [3.05, 3.63) is 54.1 Å². The second kappa shape index (κ2) is 8.02. The minimum atomic E-state index is -3.53. The molecule has 28 heavy (non-hydrogen) atoms. The van der Waals surface area contributed by atoms with Gasteiger partial charge in [-0.2, -0.15) is 4.31 Å². The van der Waals surface area contributed by atoms with Crippen LogP contribution in [0.5, 0.6) is 0 Å². The Bertz CT molecular complexity index is 1070. The summed E-state index contributed by atoms with van der Waals surface area (Å²) in [6.45, 7) is 1.05. The summed E-state index contributed by atoms with van der Waals surface area (Å²) >= 11 is 0. The summed E-state index contributed by atoms with van der Waals surface area (Å²) in [4.78, 5) is 12.6. The van der Waals surface area contributed by atoms with Gasteiger partial charge >= 0.3 is 0 Å². The number of nitrogens with zero attached hydrogens (tertiary/aromatic N) is 1. The molecule has 0 atom stereocenters. The van der Waals surface area contributed by atoms with Crippen LogP contribution in [0, 0.1) is 0 Å². The first-order valence-electron chi connectivity index (χ1n) is 8.90. The molecule has 1 aliphatic heterocycles. The van der Waals surface area contributed by atoms with Gasteiger partial charge in [0.05, 0.1) is 9.79 Å². The van der Waals surface area contributed by atoms with Crippen LogP contribution >= 0.6 is 0 Å². The number of rotatable bonds is 5. The Hall–Kier alpha value is -2.23. The van der Waals surface area contributed by atoms with E-state index in [0.717, 1.165) is 25.5 Å². The molecule has 1 fully saturated rings. The molecular formula is C19H22N2O5S2. The Kier molecular flexibility index (Phi) is 5.87. The molecule has 0 spiro atoms. The van der Waals surface area contributed by atoms with Crippen molar-refractivity contribution in [1.29, 1.82) is 0 Å². The van der Waals surface area contributed by atoms with Crippen molar-refractivity contribution in [2.24, 2.45) is 0 Å². The number of sulfonamides is 1. The minimum Gasteiger partial charge on any atom is -0.322 e. The molecule has 0 radical (unpaired) electrons. The minimum absolute atomic E-state index is 0.0584.